The van der Waals surface area contributed by atoms with Crippen LogP contribution in [0.15, 0.2) is 23.9 Å². The van der Waals surface area contributed by atoms with Gasteiger partial charge >= 0.3 is 0 Å². The lowest BCUT2D eigenvalue weighted by atomic mass is 9.95. The third-order valence-corrected chi connectivity index (χ3v) is 3.06. The number of hydrogen-bond donors (Lipinski definition) is 1. The van der Waals surface area contributed by atoms with Gasteiger partial charge in [0.2, 0.25) is 0 Å². The minimum atomic E-state index is 0.695. The van der Waals surface area contributed by atoms with Crippen LogP contribution in [0.2, 0.25) is 0 Å². The van der Waals surface area contributed by atoms with E-state index in [2.05, 4.69) is 31.8 Å². The van der Waals surface area contributed by atoms with Gasteiger partial charge in [-0.05, 0) is 26.2 Å². The van der Waals surface area contributed by atoms with E-state index < -0.39 is 0 Å². The Bertz CT molecular complexity index is 221. The summed E-state index contributed by atoms with van der Waals surface area (Å²) in [5, 5.41) is 3.57. The molecule has 1 aliphatic rings. The monoisotopic (exact) mass is 207 g/mol. The maximum atomic E-state index is 4.12. The second-order valence-corrected chi connectivity index (χ2v) is 4.72. The Kier molecular flexibility index (Phi) is 5.52. The van der Waals surface area contributed by atoms with E-state index in [0.29, 0.717) is 6.04 Å². The second kappa shape index (κ2) is 6.71. The minimum absolute atomic E-state index is 0.695. The quantitative estimate of drug-likeness (QED) is 0.667. The zero-order valence-corrected chi connectivity index (χ0v) is 10.3. The highest BCUT2D eigenvalue weighted by molar-refractivity contribution is 5.10. The molecular weight excluding hydrogens is 182 g/mol. The molecule has 0 aromatic carbocycles. The zero-order chi connectivity index (χ0) is 11.1. The number of allylic oxidation sites excluding steroid dienone is 2. The van der Waals surface area contributed by atoms with Crippen molar-refractivity contribution in [3.63, 3.8) is 0 Å². The molecule has 1 nitrogen and oxygen atoms in total. The summed E-state index contributed by atoms with van der Waals surface area (Å²) < 4.78 is 0. The molecule has 0 saturated heterocycles. The van der Waals surface area contributed by atoms with Crippen LogP contribution in [0.1, 0.15) is 58.8 Å². The molecule has 1 heteroatoms. The number of rotatable bonds is 5. The summed E-state index contributed by atoms with van der Waals surface area (Å²) in [5.41, 5.74) is 2.63. The van der Waals surface area contributed by atoms with Crippen LogP contribution < -0.4 is 5.32 Å². The van der Waals surface area contributed by atoms with E-state index in [4.69, 9.17) is 0 Å². The van der Waals surface area contributed by atoms with Crippen molar-refractivity contribution in [1.82, 2.24) is 5.32 Å². The highest BCUT2D eigenvalue weighted by Gasteiger charge is 2.12. The third kappa shape index (κ3) is 5.06. The fraction of sp³-hybridized carbons (Fsp3) is 0.714. The summed E-state index contributed by atoms with van der Waals surface area (Å²) in [4.78, 5) is 0. The van der Waals surface area contributed by atoms with Crippen molar-refractivity contribution >= 4 is 0 Å². The fourth-order valence-electron chi connectivity index (χ4n) is 2.34. The number of hydrogen-bond acceptors (Lipinski definition) is 1. The molecule has 0 bridgehead atoms. The lowest BCUT2D eigenvalue weighted by Crippen LogP contribution is -2.30. The van der Waals surface area contributed by atoms with Crippen molar-refractivity contribution in [2.45, 2.75) is 64.8 Å². The summed E-state index contributed by atoms with van der Waals surface area (Å²) >= 11 is 0. The molecule has 1 fully saturated rings. The van der Waals surface area contributed by atoms with E-state index in [-0.39, 0.29) is 0 Å². The molecule has 1 rings (SSSR count). The van der Waals surface area contributed by atoms with Gasteiger partial charge < -0.3 is 5.32 Å². The minimum Gasteiger partial charge on any atom is -0.386 e. The molecule has 0 aliphatic heterocycles. The first-order chi connectivity index (χ1) is 7.22. The Balaban J connectivity index is 2.25. The van der Waals surface area contributed by atoms with Gasteiger partial charge in [-0.1, -0.05) is 44.4 Å². The Morgan fingerprint density at radius 3 is 2.60 bits per heavy atom. The molecule has 0 heterocycles. The Hall–Kier alpha value is -0.720. The SMILES string of the molecule is C=C(C/C(C)=C/CC)NC1CCCCC1. The smallest absolute Gasteiger partial charge is 0.0258 e. The summed E-state index contributed by atoms with van der Waals surface area (Å²) in [5.74, 6) is 0. The van der Waals surface area contributed by atoms with Crippen molar-refractivity contribution in [3.8, 4) is 0 Å². The molecule has 0 spiro atoms. The average molecular weight is 207 g/mol. The molecule has 1 aliphatic carbocycles. The molecule has 0 atom stereocenters. The summed E-state index contributed by atoms with van der Waals surface area (Å²) in [7, 11) is 0. The van der Waals surface area contributed by atoms with Crippen LogP contribution in [0, 0.1) is 0 Å². The van der Waals surface area contributed by atoms with E-state index in [9.17, 15) is 0 Å². The van der Waals surface area contributed by atoms with Crippen molar-refractivity contribution < 1.29 is 0 Å². The molecule has 86 valence electrons. The molecule has 15 heavy (non-hydrogen) atoms. The summed E-state index contributed by atoms with van der Waals surface area (Å²) in [6.45, 7) is 8.49. The standard InChI is InChI=1S/C14H25N/c1-4-8-12(2)11-13(3)15-14-9-6-5-7-10-14/h8,14-15H,3-7,9-11H2,1-2H3/b12-8+. The predicted molar refractivity (Wildman–Crippen MR) is 67.8 cm³/mol. The Labute approximate surface area is 94.6 Å². The van der Waals surface area contributed by atoms with E-state index in [1.54, 1.807) is 0 Å². The van der Waals surface area contributed by atoms with E-state index in [1.807, 2.05) is 0 Å². The van der Waals surface area contributed by atoms with Gasteiger partial charge in [-0.2, -0.15) is 0 Å². The van der Waals surface area contributed by atoms with Gasteiger partial charge in [0.15, 0.2) is 0 Å². The lowest BCUT2D eigenvalue weighted by molar-refractivity contribution is 0.394. The second-order valence-electron chi connectivity index (χ2n) is 4.72. The molecule has 0 unspecified atom stereocenters. The molecule has 1 saturated carbocycles. The van der Waals surface area contributed by atoms with Gasteiger partial charge in [0.1, 0.15) is 0 Å². The van der Waals surface area contributed by atoms with E-state index in [1.165, 1.54) is 43.4 Å². The molecule has 1 N–H and O–H groups in total. The van der Waals surface area contributed by atoms with Crippen LogP contribution >= 0.6 is 0 Å². The van der Waals surface area contributed by atoms with Crippen LogP contribution in [0.25, 0.3) is 0 Å². The fourth-order valence-corrected chi connectivity index (χ4v) is 2.34. The predicted octanol–water partition coefficient (Wildman–Crippen LogP) is 4.17. The summed E-state index contributed by atoms with van der Waals surface area (Å²) in [6.07, 6.45) is 11.3. The van der Waals surface area contributed by atoms with Crippen LogP contribution in [-0.4, -0.2) is 6.04 Å². The number of nitrogens with one attached hydrogen (secondary N) is 1. The van der Waals surface area contributed by atoms with Gasteiger partial charge in [-0.25, -0.2) is 0 Å². The van der Waals surface area contributed by atoms with Crippen molar-refractivity contribution in [3.05, 3.63) is 23.9 Å². The highest BCUT2D eigenvalue weighted by Crippen LogP contribution is 2.19. The molecule has 0 aromatic rings. The first kappa shape index (κ1) is 12.4. The Morgan fingerprint density at radius 1 is 1.33 bits per heavy atom. The van der Waals surface area contributed by atoms with Crippen molar-refractivity contribution in [2.75, 3.05) is 0 Å². The third-order valence-electron chi connectivity index (χ3n) is 3.06. The topological polar surface area (TPSA) is 12.0 Å². The highest BCUT2D eigenvalue weighted by atomic mass is 14.9. The van der Waals surface area contributed by atoms with Gasteiger partial charge in [0.25, 0.3) is 0 Å². The first-order valence-corrected chi connectivity index (χ1v) is 6.32. The largest absolute Gasteiger partial charge is 0.386 e. The van der Waals surface area contributed by atoms with Gasteiger partial charge in [-0.3, -0.25) is 0 Å². The van der Waals surface area contributed by atoms with Crippen LogP contribution in [-0.2, 0) is 0 Å². The van der Waals surface area contributed by atoms with Gasteiger partial charge in [0.05, 0.1) is 0 Å². The van der Waals surface area contributed by atoms with E-state index >= 15 is 0 Å². The molecule has 0 radical (unpaired) electrons. The normalized spacial score (nSPS) is 18.9. The Morgan fingerprint density at radius 2 is 2.00 bits per heavy atom. The first-order valence-electron chi connectivity index (χ1n) is 6.32. The van der Waals surface area contributed by atoms with Gasteiger partial charge in [-0.15, -0.1) is 0 Å². The van der Waals surface area contributed by atoms with Crippen LogP contribution in [0.4, 0.5) is 0 Å². The molecular formula is C14H25N. The average Bonchev–Trinajstić information content (AvgIpc) is 2.19. The van der Waals surface area contributed by atoms with Crippen LogP contribution in [0.5, 0.6) is 0 Å². The maximum absolute atomic E-state index is 4.12. The maximum Gasteiger partial charge on any atom is 0.0258 e. The lowest BCUT2D eigenvalue weighted by Gasteiger charge is -2.25. The van der Waals surface area contributed by atoms with Crippen molar-refractivity contribution in [2.24, 2.45) is 0 Å². The molecule has 0 amide bonds. The molecule has 0 aromatic heterocycles. The van der Waals surface area contributed by atoms with E-state index in [0.717, 1.165) is 12.8 Å². The summed E-state index contributed by atoms with van der Waals surface area (Å²) in [6, 6.07) is 0.695. The van der Waals surface area contributed by atoms with Crippen LogP contribution in [0.3, 0.4) is 0 Å². The zero-order valence-electron chi connectivity index (χ0n) is 10.3. The van der Waals surface area contributed by atoms with Crippen molar-refractivity contribution in [1.29, 1.82) is 0 Å². The van der Waals surface area contributed by atoms with Gasteiger partial charge in [0, 0.05) is 18.2 Å².